The number of anilines is 2. The summed E-state index contributed by atoms with van der Waals surface area (Å²) in [6, 6.07) is 10.8. The van der Waals surface area contributed by atoms with Gasteiger partial charge in [0, 0.05) is 41.0 Å². The number of aromatic nitrogens is 4. The third-order valence-corrected chi connectivity index (χ3v) is 9.71. The highest BCUT2D eigenvalue weighted by Crippen LogP contribution is 2.45. The van der Waals surface area contributed by atoms with Gasteiger partial charge in [0.1, 0.15) is 17.9 Å². The first-order valence-corrected chi connectivity index (χ1v) is 14.7. The van der Waals surface area contributed by atoms with Gasteiger partial charge in [0.15, 0.2) is 5.03 Å². The third-order valence-electron chi connectivity index (χ3n) is 7.40. The number of carboxylic acids is 1. The number of rotatable bonds is 7. The van der Waals surface area contributed by atoms with Gasteiger partial charge in [0.25, 0.3) is 15.9 Å². The molecule has 210 valence electrons. The molecule has 2 aromatic heterocycles. The average Bonchev–Trinajstić information content (AvgIpc) is 3.42. The Morgan fingerprint density at radius 2 is 1.71 bits per heavy atom. The Morgan fingerprint density at radius 3 is 2.29 bits per heavy atom. The van der Waals surface area contributed by atoms with E-state index in [9.17, 15) is 23.1 Å². The van der Waals surface area contributed by atoms with Crippen molar-refractivity contribution in [2.24, 2.45) is 0 Å². The number of carbonyl (C=O) groups is 2. The lowest BCUT2D eigenvalue weighted by Crippen LogP contribution is -2.55. The van der Waals surface area contributed by atoms with Crippen molar-refractivity contribution in [2.75, 3.05) is 11.4 Å². The molecule has 0 unspecified atom stereocenters. The van der Waals surface area contributed by atoms with E-state index in [1.165, 1.54) is 34.0 Å². The van der Waals surface area contributed by atoms with Crippen LogP contribution in [0.4, 0.5) is 11.6 Å². The molecule has 0 bridgehead atoms. The summed E-state index contributed by atoms with van der Waals surface area (Å²) in [5.41, 5.74) is 1.31. The Balaban J connectivity index is 1.46. The van der Waals surface area contributed by atoms with Crippen molar-refractivity contribution in [3.63, 3.8) is 0 Å². The van der Waals surface area contributed by atoms with Crippen LogP contribution in [0.1, 0.15) is 18.9 Å². The van der Waals surface area contributed by atoms with Crippen molar-refractivity contribution < 1.29 is 23.1 Å². The molecule has 2 atom stereocenters. The fourth-order valence-corrected chi connectivity index (χ4v) is 7.62. The lowest BCUT2D eigenvalue weighted by molar-refractivity contribution is -0.144. The van der Waals surface area contributed by atoms with Gasteiger partial charge in [-0.1, -0.05) is 47.5 Å². The predicted molar refractivity (Wildman–Crippen MR) is 151 cm³/mol. The topological polar surface area (TPSA) is 139 Å². The summed E-state index contributed by atoms with van der Waals surface area (Å²) in [7, 11) is -4.32. The molecule has 1 fully saturated rings. The molecule has 0 radical (unpaired) electrons. The number of hydrogen-bond donors (Lipinski definition) is 1. The summed E-state index contributed by atoms with van der Waals surface area (Å²) in [6.45, 7) is 1.68. The van der Waals surface area contributed by atoms with E-state index in [1.807, 2.05) is 24.3 Å². The average molecular weight is 613 g/mol. The molecule has 2 aromatic carbocycles. The summed E-state index contributed by atoms with van der Waals surface area (Å²) in [5.74, 6) is -1.63. The summed E-state index contributed by atoms with van der Waals surface area (Å²) in [5, 5.41) is 9.81. The number of carbonyl (C=O) groups excluding carboxylic acids is 1. The van der Waals surface area contributed by atoms with Crippen LogP contribution in [0.25, 0.3) is 11.1 Å². The second-order valence-corrected chi connectivity index (χ2v) is 12.7. The van der Waals surface area contributed by atoms with Crippen molar-refractivity contribution in [1.82, 2.24) is 23.8 Å². The van der Waals surface area contributed by atoms with Gasteiger partial charge in [-0.3, -0.25) is 14.2 Å². The molecule has 1 amide bonds. The van der Waals surface area contributed by atoms with Gasteiger partial charge in [0.2, 0.25) is 5.95 Å². The molecule has 6 rings (SSSR count). The number of carboxylic acid groups (broad SMARTS) is 1. The van der Waals surface area contributed by atoms with E-state index in [-0.39, 0.29) is 40.4 Å². The van der Waals surface area contributed by atoms with E-state index in [0.29, 0.717) is 5.69 Å². The lowest BCUT2D eigenvalue weighted by atomic mass is 9.91. The molecule has 0 spiro atoms. The van der Waals surface area contributed by atoms with Gasteiger partial charge in [-0.2, -0.15) is 4.31 Å². The van der Waals surface area contributed by atoms with E-state index in [2.05, 4.69) is 15.0 Å². The number of nitrogens with zero attached hydrogens (tertiary/aromatic N) is 6. The number of amides is 1. The van der Waals surface area contributed by atoms with Gasteiger partial charge in [-0.05, 0) is 42.7 Å². The normalized spacial score (nSPS) is 20.6. The first-order chi connectivity index (χ1) is 19.5. The minimum absolute atomic E-state index is 0.0444. The van der Waals surface area contributed by atoms with Crippen LogP contribution < -0.4 is 4.90 Å². The molecule has 4 aromatic rings. The van der Waals surface area contributed by atoms with E-state index >= 15 is 0 Å². The summed E-state index contributed by atoms with van der Waals surface area (Å²) >= 11 is 12.5. The fourth-order valence-electron chi connectivity index (χ4n) is 5.29. The third kappa shape index (κ3) is 4.47. The van der Waals surface area contributed by atoms with Crippen molar-refractivity contribution >= 4 is 56.7 Å². The van der Waals surface area contributed by atoms with Gasteiger partial charge < -0.3 is 5.11 Å². The molecule has 0 aliphatic carbocycles. The highest BCUT2D eigenvalue weighted by atomic mass is 35.5. The number of hydrogen-bond acceptors (Lipinski definition) is 7. The first-order valence-electron chi connectivity index (χ1n) is 12.5. The Kier molecular flexibility index (Phi) is 6.61. The molecule has 11 nitrogen and oxygen atoms in total. The largest absolute Gasteiger partial charge is 0.480 e. The minimum Gasteiger partial charge on any atom is -0.480 e. The van der Waals surface area contributed by atoms with E-state index in [1.54, 1.807) is 19.3 Å². The SMILES string of the molecule is C[C@@]1(Cc2ccc(-c3cncnc3)cc2)C(=O)N(c2cc(Cl)cc(Cl)c2)c2ncc(S(=O)(=O)N3CC[C@@H]3C(=O)O)n21. The van der Waals surface area contributed by atoms with Crippen LogP contribution in [-0.2, 0) is 31.6 Å². The zero-order valence-corrected chi connectivity index (χ0v) is 23.8. The van der Waals surface area contributed by atoms with Crippen molar-refractivity contribution in [3.8, 4) is 11.1 Å². The fraction of sp³-hybridized carbons (Fsp3) is 0.222. The zero-order chi connectivity index (χ0) is 29.1. The number of aliphatic carboxylic acids is 1. The molecule has 2 aliphatic heterocycles. The molecule has 1 N–H and O–H groups in total. The smallest absolute Gasteiger partial charge is 0.322 e. The maximum Gasteiger partial charge on any atom is 0.322 e. The molecule has 0 saturated carbocycles. The summed E-state index contributed by atoms with van der Waals surface area (Å²) in [4.78, 5) is 39.6. The van der Waals surface area contributed by atoms with E-state index in [4.69, 9.17) is 23.2 Å². The number of sulfonamides is 1. The van der Waals surface area contributed by atoms with Crippen LogP contribution >= 0.6 is 23.2 Å². The number of benzene rings is 2. The van der Waals surface area contributed by atoms with E-state index < -0.39 is 33.5 Å². The molecule has 41 heavy (non-hydrogen) atoms. The number of fused-ring (bicyclic) bond motifs is 1. The Bertz CT molecular complexity index is 1780. The highest BCUT2D eigenvalue weighted by Gasteiger charge is 2.54. The number of imidazole rings is 1. The molecule has 4 heterocycles. The first kappa shape index (κ1) is 27.3. The van der Waals surface area contributed by atoms with Gasteiger partial charge >= 0.3 is 5.97 Å². The molecule has 14 heteroatoms. The molecular formula is C27H22Cl2N6O5S. The molecule has 1 saturated heterocycles. The molecule has 2 aliphatic rings. The Labute approximate surface area is 245 Å². The molecular weight excluding hydrogens is 591 g/mol. The maximum atomic E-state index is 14.2. The Hall–Kier alpha value is -3.84. The second kappa shape index (κ2) is 9.91. The van der Waals surface area contributed by atoms with Crippen LogP contribution in [0.15, 0.2) is 72.4 Å². The zero-order valence-electron chi connectivity index (χ0n) is 21.5. The standard InChI is InChI=1S/C27H22Cl2N6O5S/c1-27(11-16-2-4-17(5-3-16)18-12-30-15-31-13-18)25(38)34(21-9-19(28)8-20(29)10-21)26-32-14-23(35(26)27)41(39,40)33-7-6-22(33)24(36)37/h2-5,8-10,12-15,22H,6-7,11H2,1H3,(H,36,37)/t22-,27-/m1/s1. The van der Waals surface area contributed by atoms with Crippen molar-refractivity contribution in [3.05, 3.63) is 83.0 Å². The quantitative estimate of drug-likeness (QED) is 0.329. The number of halogens is 2. The predicted octanol–water partition coefficient (Wildman–Crippen LogP) is 4.13. The lowest BCUT2D eigenvalue weighted by Gasteiger charge is -2.37. The van der Waals surface area contributed by atoms with E-state index in [0.717, 1.165) is 27.2 Å². The monoisotopic (exact) mass is 612 g/mol. The van der Waals surface area contributed by atoms with Crippen LogP contribution in [0, 0.1) is 0 Å². The minimum atomic E-state index is -4.32. The van der Waals surface area contributed by atoms with Crippen LogP contribution in [0.5, 0.6) is 0 Å². The summed E-state index contributed by atoms with van der Waals surface area (Å²) < 4.78 is 29.8. The van der Waals surface area contributed by atoms with Gasteiger partial charge in [-0.25, -0.2) is 28.3 Å². The van der Waals surface area contributed by atoms with Gasteiger partial charge in [0.05, 0.1) is 11.9 Å². The van der Waals surface area contributed by atoms with Crippen LogP contribution in [-0.4, -0.2) is 61.8 Å². The highest BCUT2D eigenvalue weighted by molar-refractivity contribution is 7.89. The van der Waals surface area contributed by atoms with Gasteiger partial charge in [-0.15, -0.1) is 0 Å². The van der Waals surface area contributed by atoms with Crippen LogP contribution in [0.2, 0.25) is 10.0 Å². The Morgan fingerprint density at radius 1 is 1.05 bits per heavy atom. The summed E-state index contributed by atoms with van der Waals surface area (Å²) in [6.07, 6.45) is 6.27. The van der Waals surface area contributed by atoms with Crippen LogP contribution in [0.3, 0.4) is 0 Å². The van der Waals surface area contributed by atoms with Crippen molar-refractivity contribution in [2.45, 2.75) is 36.4 Å². The maximum absolute atomic E-state index is 14.2. The van der Waals surface area contributed by atoms with Crippen molar-refractivity contribution in [1.29, 1.82) is 0 Å². The second-order valence-electron chi connectivity index (χ2n) is 10.0.